The van der Waals surface area contributed by atoms with Crippen LogP contribution in [0.15, 0.2) is 12.1 Å². The van der Waals surface area contributed by atoms with Gasteiger partial charge in [-0.2, -0.15) is 5.26 Å². The lowest BCUT2D eigenvalue weighted by Gasteiger charge is -2.13. The predicted octanol–water partition coefficient (Wildman–Crippen LogP) is 1.97. The minimum atomic E-state index is -1.18. The number of nitrogens with zero attached hydrogens (tertiary/aromatic N) is 1. The second kappa shape index (κ2) is 4.64. The molecule has 4 heteroatoms. The van der Waals surface area contributed by atoms with E-state index in [4.69, 9.17) is 14.7 Å². The van der Waals surface area contributed by atoms with Crippen LogP contribution in [0.25, 0.3) is 0 Å². The molecule has 4 nitrogen and oxygen atoms in total. The van der Waals surface area contributed by atoms with Crippen molar-refractivity contribution in [1.82, 2.24) is 0 Å². The molecule has 1 heterocycles. The summed E-state index contributed by atoms with van der Waals surface area (Å²) in [6.45, 7) is 4.36. The van der Waals surface area contributed by atoms with Crippen molar-refractivity contribution in [3.8, 4) is 17.6 Å². The van der Waals surface area contributed by atoms with Crippen molar-refractivity contribution in [3.05, 3.63) is 23.3 Å². The van der Waals surface area contributed by atoms with Gasteiger partial charge < -0.3 is 14.6 Å². The Morgan fingerprint density at radius 2 is 2.41 bits per heavy atom. The molecule has 2 rings (SSSR count). The van der Waals surface area contributed by atoms with E-state index in [1.807, 2.05) is 19.9 Å². The van der Waals surface area contributed by atoms with Gasteiger partial charge in [-0.1, -0.05) is 0 Å². The fourth-order valence-corrected chi connectivity index (χ4v) is 2.02. The average Bonchev–Trinajstić information content (AvgIpc) is 2.66. The topological polar surface area (TPSA) is 62.5 Å². The molecule has 1 aromatic carbocycles. The molecule has 0 saturated carbocycles. The van der Waals surface area contributed by atoms with E-state index < -0.39 is 6.10 Å². The molecule has 1 aromatic rings. The summed E-state index contributed by atoms with van der Waals surface area (Å²) in [6.07, 6.45) is -0.214. The van der Waals surface area contributed by atoms with E-state index >= 15 is 0 Å². The summed E-state index contributed by atoms with van der Waals surface area (Å²) in [4.78, 5) is 0. The summed E-state index contributed by atoms with van der Waals surface area (Å²) in [5.74, 6) is 1.31. The van der Waals surface area contributed by atoms with Crippen molar-refractivity contribution in [2.45, 2.75) is 32.5 Å². The quantitative estimate of drug-likeness (QED) is 0.811. The van der Waals surface area contributed by atoms with Crippen LogP contribution in [0.2, 0.25) is 0 Å². The Morgan fingerprint density at radius 3 is 3.06 bits per heavy atom. The second-order valence-corrected chi connectivity index (χ2v) is 4.09. The van der Waals surface area contributed by atoms with Gasteiger partial charge in [0.05, 0.1) is 12.7 Å². The lowest BCUT2D eigenvalue weighted by Crippen LogP contribution is -2.05. The predicted molar refractivity (Wildman–Crippen MR) is 62.0 cm³/mol. The van der Waals surface area contributed by atoms with Gasteiger partial charge in [-0.3, -0.25) is 0 Å². The Kier molecular flexibility index (Phi) is 3.21. The van der Waals surface area contributed by atoms with Crippen molar-refractivity contribution >= 4 is 0 Å². The Hall–Kier alpha value is -1.73. The number of aliphatic hydroxyl groups is 1. The molecule has 2 atom stereocenters. The lowest BCUT2D eigenvalue weighted by atomic mass is 10.0. The van der Waals surface area contributed by atoms with Gasteiger partial charge in [-0.15, -0.1) is 0 Å². The van der Waals surface area contributed by atoms with E-state index in [0.29, 0.717) is 17.9 Å². The zero-order valence-electron chi connectivity index (χ0n) is 9.93. The number of benzene rings is 1. The van der Waals surface area contributed by atoms with E-state index in [1.165, 1.54) is 0 Å². The number of hydrogen-bond donors (Lipinski definition) is 1. The molecule has 0 spiro atoms. The molecule has 0 fully saturated rings. The van der Waals surface area contributed by atoms with Gasteiger partial charge in [0.1, 0.15) is 17.6 Å². The molecular weight excluding hydrogens is 218 g/mol. The van der Waals surface area contributed by atoms with Crippen LogP contribution in [0.4, 0.5) is 0 Å². The summed E-state index contributed by atoms with van der Waals surface area (Å²) in [5, 5.41) is 18.4. The standard InChI is InChI=1S/C13H15NO3/c1-3-16-13-5-9-4-8(2)17-12(9)6-10(13)11(15)7-14/h5-6,8,11,15H,3-4H2,1-2H3. The van der Waals surface area contributed by atoms with E-state index in [-0.39, 0.29) is 6.10 Å². The van der Waals surface area contributed by atoms with Crippen LogP contribution in [0, 0.1) is 11.3 Å². The minimum Gasteiger partial charge on any atom is -0.493 e. The van der Waals surface area contributed by atoms with Crippen LogP contribution in [-0.2, 0) is 6.42 Å². The summed E-state index contributed by atoms with van der Waals surface area (Å²) >= 11 is 0. The smallest absolute Gasteiger partial charge is 0.169 e. The monoisotopic (exact) mass is 233 g/mol. The summed E-state index contributed by atoms with van der Waals surface area (Å²) in [5.41, 5.74) is 1.54. The van der Waals surface area contributed by atoms with Gasteiger partial charge in [0.25, 0.3) is 0 Å². The summed E-state index contributed by atoms with van der Waals surface area (Å²) in [7, 11) is 0. The largest absolute Gasteiger partial charge is 0.493 e. The number of nitriles is 1. The molecule has 90 valence electrons. The third-order valence-electron chi connectivity index (χ3n) is 2.75. The summed E-state index contributed by atoms with van der Waals surface area (Å²) in [6, 6.07) is 5.37. The van der Waals surface area contributed by atoms with Crippen LogP contribution >= 0.6 is 0 Å². The first-order chi connectivity index (χ1) is 8.15. The van der Waals surface area contributed by atoms with Crippen molar-refractivity contribution in [2.75, 3.05) is 6.61 Å². The van der Waals surface area contributed by atoms with Gasteiger partial charge in [-0.05, 0) is 26.0 Å². The maximum atomic E-state index is 9.64. The number of hydrogen-bond acceptors (Lipinski definition) is 4. The van der Waals surface area contributed by atoms with Crippen LogP contribution < -0.4 is 9.47 Å². The van der Waals surface area contributed by atoms with Crippen molar-refractivity contribution < 1.29 is 14.6 Å². The first kappa shape index (κ1) is 11.7. The molecule has 0 aliphatic carbocycles. The molecule has 0 saturated heterocycles. The third kappa shape index (κ3) is 2.20. The third-order valence-corrected chi connectivity index (χ3v) is 2.75. The Bertz CT molecular complexity index is 464. The number of aliphatic hydroxyl groups excluding tert-OH is 1. The highest BCUT2D eigenvalue weighted by Crippen LogP contribution is 2.37. The molecule has 17 heavy (non-hydrogen) atoms. The Balaban J connectivity index is 2.44. The Labute approximate surface area is 100 Å². The zero-order chi connectivity index (χ0) is 12.4. The molecule has 0 amide bonds. The normalized spacial score (nSPS) is 19.1. The molecule has 0 aromatic heterocycles. The fourth-order valence-electron chi connectivity index (χ4n) is 2.02. The molecule has 1 aliphatic heterocycles. The second-order valence-electron chi connectivity index (χ2n) is 4.09. The lowest BCUT2D eigenvalue weighted by molar-refractivity contribution is 0.224. The van der Waals surface area contributed by atoms with Crippen molar-refractivity contribution in [1.29, 1.82) is 5.26 Å². The zero-order valence-corrected chi connectivity index (χ0v) is 9.93. The summed E-state index contributed by atoms with van der Waals surface area (Å²) < 4.78 is 11.1. The number of rotatable bonds is 3. The van der Waals surface area contributed by atoms with Crippen molar-refractivity contribution in [3.63, 3.8) is 0 Å². The van der Waals surface area contributed by atoms with Gasteiger partial charge in [0.15, 0.2) is 6.10 Å². The fraction of sp³-hybridized carbons (Fsp3) is 0.462. The highest BCUT2D eigenvalue weighted by molar-refractivity contribution is 5.50. The maximum absolute atomic E-state index is 9.64. The molecular formula is C13H15NO3. The molecule has 0 radical (unpaired) electrons. The van der Waals surface area contributed by atoms with E-state index in [9.17, 15) is 5.11 Å². The van der Waals surface area contributed by atoms with Crippen LogP contribution in [0.1, 0.15) is 31.1 Å². The molecule has 2 unspecified atom stereocenters. The van der Waals surface area contributed by atoms with Crippen molar-refractivity contribution in [2.24, 2.45) is 0 Å². The van der Waals surface area contributed by atoms with Gasteiger partial charge >= 0.3 is 0 Å². The number of fused-ring (bicyclic) bond motifs is 1. The SMILES string of the molecule is CCOc1cc2c(cc1C(O)C#N)OC(C)C2. The first-order valence-electron chi connectivity index (χ1n) is 5.69. The Morgan fingerprint density at radius 1 is 1.65 bits per heavy atom. The molecule has 1 N–H and O–H groups in total. The van der Waals surface area contributed by atoms with E-state index in [2.05, 4.69) is 0 Å². The highest BCUT2D eigenvalue weighted by atomic mass is 16.5. The average molecular weight is 233 g/mol. The number of ether oxygens (including phenoxy) is 2. The van der Waals surface area contributed by atoms with Gasteiger partial charge in [-0.25, -0.2) is 0 Å². The molecule has 0 bridgehead atoms. The first-order valence-corrected chi connectivity index (χ1v) is 5.69. The van der Waals surface area contributed by atoms with Crippen LogP contribution in [-0.4, -0.2) is 17.8 Å². The maximum Gasteiger partial charge on any atom is 0.169 e. The van der Waals surface area contributed by atoms with Gasteiger partial charge in [0.2, 0.25) is 0 Å². The highest BCUT2D eigenvalue weighted by Gasteiger charge is 2.24. The van der Waals surface area contributed by atoms with E-state index in [0.717, 1.165) is 17.7 Å². The van der Waals surface area contributed by atoms with E-state index in [1.54, 1.807) is 12.1 Å². The van der Waals surface area contributed by atoms with Crippen LogP contribution in [0.3, 0.4) is 0 Å². The minimum absolute atomic E-state index is 0.133. The van der Waals surface area contributed by atoms with Gasteiger partial charge in [0, 0.05) is 17.5 Å². The van der Waals surface area contributed by atoms with Crippen LogP contribution in [0.5, 0.6) is 11.5 Å². The molecule has 1 aliphatic rings.